The summed E-state index contributed by atoms with van der Waals surface area (Å²) in [6, 6.07) is 0. The van der Waals surface area contributed by atoms with E-state index in [9.17, 15) is 14.4 Å². The van der Waals surface area contributed by atoms with Crippen LogP contribution in [0, 0.1) is 17.3 Å². The fourth-order valence-corrected chi connectivity index (χ4v) is 4.45. The molecule has 0 saturated heterocycles. The fraction of sp³-hybridized carbons (Fsp3) is 0.526. The molecule has 4 heteroatoms. The molecule has 1 saturated carbocycles. The standard InChI is InChI=1S/C19H20O4/c1-2-23-18(22)19-10-9-13-5-3-4-6-16(13)17(19)14(11-20)7-8-15(19)12-21/h7-9,16-17H,2-6,10H2,1H3. The van der Waals surface area contributed by atoms with E-state index in [1.165, 1.54) is 11.6 Å². The summed E-state index contributed by atoms with van der Waals surface area (Å²) in [5, 5.41) is 0. The first-order valence-corrected chi connectivity index (χ1v) is 8.23. The van der Waals surface area contributed by atoms with Crippen LogP contribution in [-0.2, 0) is 19.1 Å². The predicted octanol–water partition coefficient (Wildman–Crippen LogP) is 2.76. The second-order valence-corrected chi connectivity index (χ2v) is 6.41. The number of allylic oxidation sites excluding steroid dienone is 5. The zero-order valence-corrected chi connectivity index (χ0v) is 13.3. The van der Waals surface area contributed by atoms with Crippen LogP contribution in [0.15, 0.2) is 34.9 Å². The number of ether oxygens (including phenoxy) is 1. The fourth-order valence-electron chi connectivity index (χ4n) is 4.45. The van der Waals surface area contributed by atoms with Gasteiger partial charge in [0.25, 0.3) is 0 Å². The average molecular weight is 312 g/mol. The Morgan fingerprint density at radius 2 is 2.13 bits per heavy atom. The molecule has 0 aromatic rings. The summed E-state index contributed by atoms with van der Waals surface area (Å²) in [7, 11) is 0. The van der Waals surface area contributed by atoms with Crippen molar-refractivity contribution in [2.45, 2.75) is 39.0 Å². The van der Waals surface area contributed by atoms with Gasteiger partial charge in [-0.25, -0.2) is 9.59 Å². The van der Waals surface area contributed by atoms with Crippen molar-refractivity contribution in [2.24, 2.45) is 17.3 Å². The quantitative estimate of drug-likeness (QED) is 0.447. The van der Waals surface area contributed by atoms with E-state index in [0.717, 1.165) is 25.7 Å². The Morgan fingerprint density at radius 1 is 1.30 bits per heavy atom. The third kappa shape index (κ3) is 2.26. The van der Waals surface area contributed by atoms with Gasteiger partial charge in [0.05, 0.1) is 12.2 Å². The second kappa shape index (κ2) is 6.16. The molecule has 0 aromatic carbocycles. The number of carbonyl (C=O) groups excluding carboxylic acids is 3. The van der Waals surface area contributed by atoms with Crippen LogP contribution in [0.5, 0.6) is 0 Å². The highest BCUT2D eigenvalue weighted by atomic mass is 16.5. The molecule has 0 heterocycles. The third-order valence-electron chi connectivity index (χ3n) is 5.44. The molecule has 120 valence electrons. The normalized spacial score (nSPS) is 32.1. The molecule has 0 spiro atoms. The number of fused-ring (bicyclic) bond motifs is 3. The maximum atomic E-state index is 12.8. The maximum absolute atomic E-state index is 12.8. The first-order chi connectivity index (χ1) is 11.2. The van der Waals surface area contributed by atoms with Gasteiger partial charge < -0.3 is 4.74 Å². The minimum absolute atomic E-state index is 0.103. The van der Waals surface area contributed by atoms with Gasteiger partial charge in [0, 0.05) is 11.5 Å². The zero-order chi connectivity index (χ0) is 16.4. The number of hydrogen-bond acceptors (Lipinski definition) is 4. The molecule has 3 unspecified atom stereocenters. The van der Waals surface area contributed by atoms with Crippen molar-refractivity contribution in [3.63, 3.8) is 0 Å². The van der Waals surface area contributed by atoms with Crippen molar-refractivity contribution in [1.82, 2.24) is 0 Å². The Hall–Kier alpha value is -2.15. The van der Waals surface area contributed by atoms with Crippen molar-refractivity contribution in [3.05, 3.63) is 34.9 Å². The summed E-state index contributed by atoms with van der Waals surface area (Å²) in [6.45, 7) is 1.98. The highest BCUT2D eigenvalue weighted by Gasteiger charge is 2.57. The number of hydrogen-bond donors (Lipinski definition) is 0. The van der Waals surface area contributed by atoms with Crippen molar-refractivity contribution >= 4 is 17.9 Å². The zero-order valence-electron chi connectivity index (χ0n) is 13.3. The van der Waals surface area contributed by atoms with Gasteiger partial charge >= 0.3 is 5.97 Å². The monoisotopic (exact) mass is 312 g/mol. The van der Waals surface area contributed by atoms with E-state index in [0.29, 0.717) is 17.6 Å². The van der Waals surface area contributed by atoms with Gasteiger partial charge in [-0.2, -0.15) is 0 Å². The van der Waals surface area contributed by atoms with Crippen molar-refractivity contribution < 1.29 is 19.1 Å². The highest BCUT2D eigenvalue weighted by Crippen LogP contribution is 2.57. The summed E-state index contributed by atoms with van der Waals surface area (Å²) >= 11 is 0. The summed E-state index contributed by atoms with van der Waals surface area (Å²) in [5.41, 5.74) is 0.940. The molecule has 3 rings (SSSR count). The van der Waals surface area contributed by atoms with Crippen LogP contribution in [0.25, 0.3) is 0 Å². The van der Waals surface area contributed by atoms with Crippen LogP contribution in [-0.4, -0.2) is 24.5 Å². The van der Waals surface area contributed by atoms with Gasteiger partial charge in [0.1, 0.15) is 17.3 Å². The largest absolute Gasteiger partial charge is 0.465 e. The maximum Gasteiger partial charge on any atom is 0.318 e. The number of carbonyl (C=O) groups is 1. The molecule has 0 amide bonds. The molecule has 3 aliphatic carbocycles. The predicted molar refractivity (Wildman–Crippen MR) is 84.8 cm³/mol. The van der Waals surface area contributed by atoms with E-state index in [2.05, 4.69) is 6.08 Å². The molecule has 4 nitrogen and oxygen atoms in total. The summed E-state index contributed by atoms with van der Waals surface area (Å²) in [4.78, 5) is 35.9. The molecule has 3 aliphatic rings. The van der Waals surface area contributed by atoms with Gasteiger partial charge in [-0.1, -0.05) is 18.1 Å². The van der Waals surface area contributed by atoms with Crippen molar-refractivity contribution in [1.29, 1.82) is 0 Å². The van der Waals surface area contributed by atoms with E-state index in [-0.39, 0.29) is 18.4 Å². The van der Waals surface area contributed by atoms with Gasteiger partial charge in [0.2, 0.25) is 0 Å². The summed E-state index contributed by atoms with van der Waals surface area (Å²) < 4.78 is 5.30. The van der Waals surface area contributed by atoms with Crippen LogP contribution >= 0.6 is 0 Å². The van der Waals surface area contributed by atoms with Crippen LogP contribution in [0.4, 0.5) is 0 Å². The van der Waals surface area contributed by atoms with Gasteiger partial charge in [-0.3, -0.25) is 4.79 Å². The van der Waals surface area contributed by atoms with Crippen molar-refractivity contribution in [3.8, 4) is 0 Å². The summed E-state index contributed by atoms with van der Waals surface area (Å²) in [5.74, 6) is 3.25. The van der Waals surface area contributed by atoms with E-state index >= 15 is 0 Å². The molecular formula is C19H20O4. The van der Waals surface area contributed by atoms with Gasteiger partial charge in [-0.15, -0.1) is 0 Å². The van der Waals surface area contributed by atoms with E-state index in [1.807, 2.05) is 11.9 Å². The minimum Gasteiger partial charge on any atom is -0.465 e. The molecule has 0 radical (unpaired) electrons. The summed E-state index contributed by atoms with van der Waals surface area (Å²) in [6.07, 6.45) is 9.73. The number of rotatable bonds is 2. The first-order valence-electron chi connectivity index (χ1n) is 8.23. The van der Waals surface area contributed by atoms with Gasteiger partial charge in [-0.05, 0) is 50.7 Å². The molecular weight excluding hydrogens is 292 g/mol. The van der Waals surface area contributed by atoms with E-state index < -0.39 is 11.4 Å². The Morgan fingerprint density at radius 3 is 2.83 bits per heavy atom. The molecule has 0 N–H and O–H groups in total. The Bertz CT molecular complexity index is 686. The SMILES string of the molecule is CCOC(=O)C12CC=C3CCCCC3C1C(=C=O)C=CC2=C=O. The van der Waals surface area contributed by atoms with Gasteiger partial charge in [0.15, 0.2) is 0 Å². The second-order valence-electron chi connectivity index (χ2n) is 6.41. The molecule has 0 bridgehead atoms. The van der Waals surface area contributed by atoms with Crippen LogP contribution in [0.3, 0.4) is 0 Å². The number of esters is 1. The lowest BCUT2D eigenvalue weighted by molar-refractivity contribution is -0.156. The smallest absolute Gasteiger partial charge is 0.318 e. The Labute approximate surface area is 135 Å². The van der Waals surface area contributed by atoms with Crippen LogP contribution in [0.2, 0.25) is 0 Å². The van der Waals surface area contributed by atoms with E-state index in [1.54, 1.807) is 13.0 Å². The lowest BCUT2D eigenvalue weighted by Crippen LogP contribution is -2.49. The third-order valence-corrected chi connectivity index (χ3v) is 5.44. The molecule has 3 atom stereocenters. The average Bonchev–Trinajstić information content (AvgIpc) is 2.60. The Balaban J connectivity index is 2.22. The topological polar surface area (TPSA) is 60.4 Å². The molecule has 23 heavy (non-hydrogen) atoms. The first kappa shape index (κ1) is 15.7. The minimum atomic E-state index is -1.12. The van der Waals surface area contributed by atoms with E-state index in [4.69, 9.17) is 4.74 Å². The lowest BCUT2D eigenvalue weighted by Gasteiger charge is -2.48. The lowest BCUT2D eigenvalue weighted by atomic mass is 9.53. The Kier molecular flexibility index (Phi) is 4.21. The van der Waals surface area contributed by atoms with Crippen LogP contribution < -0.4 is 0 Å². The molecule has 0 aliphatic heterocycles. The molecule has 1 fully saturated rings. The highest BCUT2D eigenvalue weighted by molar-refractivity contribution is 5.89. The molecule has 0 aromatic heterocycles. The van der Waals surface area contributed by atoms with Crippen LogP contribution in [0.1, 0.15) is 39.0 Å². The van der Waals surface area contributed by atoms with Crippen molar-refractivity contribution in [2.75, 3.05) is 6.61 Å².